The Morgan fingerprint density at radius 2 is 1.77 bits per heavy atom. The van der Waals surface area contributed by atoms with Crippen LogP contribution in [0, 0.1) is 5.82 Å². The third-order valence-corrected chi connectivity index (χ3v) is 7.64. The lowest BCUT2D eigenvalue weighted by Gasteiger charge is -2.21. The normalized spacial score (nSPS) is 11.9. The molecule has 0 N–H and O–H groups in total. The maximum Gasteiger partial charge on any atom is 0.228 e. The van der Waals surface area contributed by atoms with Crippen LogP contribution in [0.25, 0.3) is 10.2 Å². The Morgan fingerprint density at radius 3 is 2.45 bits per heavy atom. The van der Waals surface area contributed by atoms with Gasteiger partial charge in [-0.2, -0.15) is 0 Å². The zero-order valence-corrected chi connectivity index (χ0v) is 19.3. The van der Waals surface area contributed by atoms with Crippen molar-refractivity contribution >= 4 is 42.4 Å². The predicted octanol–water partition coefficient (Wildman–Crippen LogP) is 3.97. The second kappa shape index (κ2) is 10.3. The molecule has 0 radical (unpaired) electrons. The largest absolute Gasteiger partial charge is 0.309 e. The summed E-state index contributed by atoms with van der Waals surface area (Å²) in [6, 6.07) is 13.0. The fraction of sp³-hybridized carbons (Fsp3) is 0.364. The van der Waals surface area contributed by atoms with Crippen molar-refractivity contribution in [2.75, 3.05) is 37.8 Å². The summed E-state index contributed by atoms with van der Waals surface area (Å²) < 4.78 is 39.7. The summed E-state index contributed by atoms with van der Waals surface area (Å²) in [5, 5.41) is 0.440. The minimum absolute atomic E-state index is 0.0758. The quantitative estimate of drug-likeness (QED) is 0.455. The van der Waals surface area contributed by atoms with Crippen LogP contribution < -0.4 is 4.90 Å². The van der Waals surface area contributed by atoms with E-state index < -0.39 is 15.7 Å². The van der Waals surface area contributed by atoms with Crippen LogP contribution in [-0.2, 0) is 14.6 Å². The number of rotatable bonds is 10. The second-order valence-electron chi connectivity index (χ2n) is 7.52. The molecule has 0 saturated carbocycles. The Kier molecular flexibility index (Phi) is 7.74. The molecule has 0 aliphatic rings. The lowest BCUT2D eigenvalue weighted by molar-refractivity contribution is -0.118. The summed E-state index contributed by atoms with van der Waals surface area (Å²) in [7, 11) is 0.463. The summed E-state index contributed by atoms with van der Waals surface area (Å²) in [5.41, 5.74) is 0.250. The molecule has 0 spiro atoms. The van der Waals surface area contributed by atoms with Gasteiger partial charge in [-0.05, 0) is 57.7 Å². The van der Waals surface area contributed by atoms with Gasteiger partial charge in [0.2, 0.25) is 5.91 Å². The zero-order chi connectivity index (χ0) is 22.4. The average Bonchev–Trinajstić information content (AvgIpc) is 3.17. The fourth-order valence-corrected chi connectivity index (χ4v) is 5.54. The van der Waals surface area contributed by atoms with Crippen LogP contribution in [0.4, 0.5) is 9.52 Å². The van der Waals surface area contributed by atoms with Crippen LogP contribution in [0.2, 0.25) is 0 Å². The van der Waals surface area contributed by atoms with Crippen LogP contribution in [0.15, 0.2) is 53.4 Å². The van der Waals surface area contributed by atoms with Gasteiger partial charge in [0.05, 0.1) is 15.3 Å². The van der Waals surface area contributed by atoms with Crippen molar-refractivity contribution in [2.45, 2.75) is 24.2 Å². The molecule has 0 saturated heterocycles. The van der Waals surface area contributed by atoms with Crippen molar-refractivity contribution in [1.29, 1.82) is 0 Å². The van der Waals surface area contributed by atoms with Crippen molar-refractivity contribution < 1.29 is 17.6 Å². The highest BCUT2D eigenvalue weighted by atomic mass is 32.2. The maximum atomic E-state index is 14.1. The molecule has 1 amide bonds. The van der Waals surface area contributed by atoms with E-state index in [4.69, 9.17) is 0 Å². The molecule has 1 heterocycles. The molecule has 0 atom stereocenters. The summed E-state index contributed by atoms with van der Waals surface area (Å²) in [6.07, 6.45) is 1.01. The van der Waals surface area contributed by atoms with E-state index in [1.54, 1.807) is 47.4 Å². The first-order chi connectivity index (χ1) is 14.8. The van der Waals surface area contributed by atoms with Gasteiger partial charge >= 0.3 is 0 Å². The molecule has 0 aliphatic carbocycles. The standard InChI is InChI=1S/C22H26FN3O3S2/c1-25(2)14-8-15-26(22-24-21-18(23)11-6-12-19(21)30-22)20(27)13-7-16-31(28,29)17-9-4-3-5-10-17/h3-6,9-12H,7-8,13-16H2,1-2H3. The van der Waals surface area contributed by atoms with Crippen molar-refractivity contribution in [3.8, 4) is 0 Å². The molecule has 31 heavy (non-hydrogen) atoms. The van der Waals surface area contributed by atoms with Crippen LogP contribution in [-0.4, -0.2) is 57.1 Å². The minimum atomic E-state index is -3.44. The van der Waals surface area contributed by atoms with E-state index in [0.29, 0.717) is 16.4 Å². The van der Waals surface area contributed by atoms with Gasteiger partial charge in [-0.3, -0.25) is 9.69 Å². The predicted molar refractivity (Wildman–Crippen MR) is 123 cm³/mol. The van der Waals surface area contributed by atoms with Crippen molar-refractivity contribution in [3.05, 3.63) is 54.3 Å². The van der Waals surface area contributed by atoms with Gasteiger partial charge in [0.15, 0.2) is 15.0 Å². The van der Waals surface area contributed by atoms with E-state index in [1.165, 1.54) is 17.4 Å². The Hall–Kier alpha value is -2.36. The number of para-hydroxylation sites is 1. The molecule has 3 aromatic rings. The molecule has 6 nitrogen and oxygen atoms in total. The lowest BCUT2D eigenvalue weighted by Crippen LogP contribution is -2.33. The number of sulfone groups is 1. The summed E-state index contributed by atoms with van der Waals surface area (Å²) >= 11 is 1.26. The van der Waals surface area contributed by atoms with Crippen molar-refractivity contribution in [3.63, 3.8) is 0 Å². The van der Waals surface area contributed by atoms with E-state index in [-0.39, 0.29) is 34.9 Å². The van der Waals surface area contributed by atoms with Gasteiger partial charge in [-0.1, -0.05) is 35.6 Å². The van der Waals surface area contributed by atoms with E-state index >= 15 is 0 Å². The second-order valence-corrected chi connectivity index (χ2v) is 10.6. The number of aromatic nitrogens is 1. The Labute approximate surface area is 186 Å². The highest BCUT2D eigenvalue weighted by molar-refractivity contribution is 7.91. The number of anilines is 1. The molecule has 166 valence electrons. The summed E-state index contributed by atoms with van der Waals surface area (Å²) in [6.45, 7) is 1.22. The van der Waals surface area contributed by atoms with E-state index in [9.17, 15) is 17.6 Å². The van der Waals surface area contributed by atoms with Crippen LogP contribution >= 0.6 is 11.3 Å². The third kappa shape index (κ3) is 6.09. The molecule has 0 aliphatic heterocycles. The van der Waals surface area contributed by atoms with Gasteiger partial charge in [-0.25, -0.2) is 17.8 Å². The van der Waals surface area contributed by atoms with Gasteiger partial charge in [0.1, 0.15) is 11.3 Å². The highest BCUT2D eigenvalue weighted by Gasteiger charge is 2.22. The Bertz CT molecular complexity index is 1130. The van der Waals surface area contributed by atoms with Gasteiger partial charge < -0.3 is 4.90 Å². The topological polar surface area (TPSA) is 70.6 Å². The smallest absolute Gasteiger partial charge is 0.228 e. The maximum absolute atomic E-state index is 14.1. The lowest BCUT2D eigenvalue weighted by atomic mass is 10.3. The molecular formula is C22H26FN3O3S2. The molecule has 1 aromatic heterocycles. The molecule has 0 bridgehead atoms. The number of amides is 1. The molecule has 0 fully saturated rings. The van der Waals surface area contributed by atoms with Gasteiger partial charge in [0.25, 0.3) is 0 Å². The first kappa shape index (κ1) is 23.3. The number of thiazole rings is 1. The van der Waals surface area contributed by atoms with Gasteiger partial charge in [0, 0.05) is 13.0 Å². The SMILES string of the molecule is CN(C)CCCN(C(=O)CCCS(=O)(=O)c1ccccc1)c1nc2c(F)cccc2s1. The Balaban J connectivity index is 1.72. The van der Waals surface area contributed by atoms with Crippen molar-refractivity contribution in [2.24, 2.45) is 0 Å². The monoisotopic (exact) mass is 463 g/mol. The van der Waals surface area contributed by atoms with E-state index in [0.717, 1.165) is 13.0 Å². The van der Waals surface area contributed by atoms with Crippen LogP contribution in [0.3, 0.4) is 0 Å². The zero-order valence-electron chi connectivity index (χ0n) is 17.6. The van der Waals surface area contributed by atoms with Crippen molar-refractivity contribution in [1.82, 2.24) is 9.88 Å². The Morgan fingerprint density at radius 1 is 1.03 bits per heavy atom. The number of fused-ring (bicyclic) bond motifs is 1. The number of halogens is 1. The first-order valence-electron chi connectivity index (χ1n) is 10.1. The molecule has 9 heteroatoms. The van der Waals surface area contributed by atoms with E-state index in [2.05, 4.69) is 4.98 Å². The number of nitrogens with zero attached hydrogens (tertiary/aromatic N) is 3. The van der Waals surface area contributed by atoms with Crippen LogP contribution in [0.5, 0.6) is 0 Å². The number of carbonyl (C=O) groups is 1. The molecule has 0 unspecified atom stereocenters. The number of benzene rings is 2. The third-order valence-electron chi connectivity index (χ3n) is 4.78. The first-order valence-corrected chi connectivity index (χ1v) is 12.5. The number of hydrogen-bond donors (Lipinski definition) is 0. The minimum Gasteiger partial charge on any atom is -0.309 e. The van der Waals surface area contributed by atoms with Gasteiger partial charge in [-0.15, -0.1) is 0 Å². The molecule has 2 aromatic carbocycles. The number of carbonyl (C=O) groups excluding carboxylic acids is 1. The highest BCUT2D eigenvalue weighted by Crippen LogP contribution is 2.31. The van der Waals surface area contributed by atoms with Crippen LogP contribution in [0.1, 0.15) is 19.3 Å². The summed E-state index contributed by atoms with van der Waals surface area (Å²) in [4.78, 5) is 21.2. The molecular weight excluding hydrogens is 437 g/mol. The average molecular weight is 464 g/mol. The fourth-order valence-electron chi connectivity index (χ4n) is 3.18. The number of hydrogen-bond acceptors (Lipinski definition) is 6. The summed E-state index contributed by atoms with van der Waals surface area (Å²) in [5.74, 6) is -0.737. The molecule has 3 rings (SSSR count). The van der Waals surface area contributed by atoms with E-state index in [1.807, 2.05) is 19.0 Å².